The van der Waals surface area contributed by atoms with Crippen molar-refractivity contribution in [1.29, 1.82) is 0 Å². The molecule has 1 aliphatic heterocycles. The standard InChI is InChI=1S/C9H10F3N3O2S/c1-4-2-3-15(5(4)6(16)17)8-14-13-7(18-8)9(10,11)12/h4-5H,2-3H2,1H3,(H,16,17). The topological polar surface area (TPSA) is 66.3 Å². The Morgan fingerprint density at radius 3 is 2.67 bits per heavy atom. The smallest absolute Gasteiger partial charge is 0.445 e. The Hall–Kier alpha value is -1.38. The number of hydrogen-bond acceptors (Lipinski definition) is 5. The van der Waals surface area contributed by atoms with Crippen molar-refractivity contribution in [2.24, 2.45) is 5.92 Å². The molecule has 1 aromatic rings. The van der Waals surface area contributed by atoms with Crippen LogP contribution in [0, 0.1) is 5.92 Å². The molecule has 100 valence electrons. The van der Waals surface area contributed by atoms with Gasteiger partial charge in [0.2, 0.25) is 10.1 Å². The Balaban J connectivity index is 2.26. The summed E-state index contributed by atoms with van der Waals surface area (Å²) in [7, 11) is 0. The fourth-order valence-electron chi connectivity index (χ4n) is 1.98. The van der Waals surface area contributed by atoms with E-state index < -0.39 is 23.2 Å². The van der Waals surface area contributed by atoms with E-state index in [1.54, 1.807) is 6.92 Å². The summed E-state index contributed by atoms with van der Waals surface area (Å²) < 4.78 is 37.2. The summed E-state index contributed by atoms with van der Waals surface area (Å²) in [6.07, 6.45) is -3.93. The molecule has 2 unspecified atom stereocenters. The van der Waals surface area contributed by atoms with E-state index in [-0.39, 0.29) is 11.0 Å². The van der Waals surface area contributed by atoms with Crippen LogP contribution < -0.4 is 4.90 Å². The highest BCUT2D eigenvalue weighted by atomic mass is 32.1. The molecule has 0 amide bonds. The number of anilines is 1. The molecule has 0 saturated carbocycles. The SMILES string of the molecule is CC1CCN(c2nnc(C(F)(F)F)s2)C1C(=O)O. The number of rotatable bonds is 2. The summed E-state index contributed by atoms with van der Waals surface area (Å²) >= 11 is 0.376. The molecule has 1 fully saturated rings. The van der Waals surface area contributed by atoms with E-state index in [0.717, 1.165) is 0 Å². The highest BCUT2D eigenvalue weighted by Gasteiger charge is 2.41. The Kier molecular flexibility index (Phi) is 3.18. The van der Waals surface area contributed by atoms with Crippen molar-refractivity contribution < 1.29 is 23.1 Å². The minimum Gasteiger partial charge on any atom is -0.480 e. The van der Waals surface area contributed by atoms with Gasteiger partial charge in [-0.3, -0.25) is 0 Å². The zero-order valence-corrected chi connectivity index (χ0v) is 10.1. The summed E-state index contributed by atoms with van der Waals surface area (Å²) in [4.78, 5) is 12.5. The lowest BCUT2D eigenvalue weighted by Gasteiger charge is -2.21. The second kappa shape index (κ2) is 4.38. The third-order valence-corrected chi connectivity index (χ3v) is 3.86. The predicted molar refractivity (Wildman–Crippen MR) is 57.5 cm³/mol. The Bertz CT molecular complexity index is 462. The lowest BCUT2D eigenvalue weighted by atomic mass is 10.0. The van der Waals surface area contributed by atoms with Crippen LogP contribution in [0.25, 0.3) is 0 Å². The number of carboxylic acid groups (broad SMARTS) is 1. The van der Waals surface area contributed by atoms with Gasteiger partial charge in [-0.1, -0.05) is 18.3 Å². The number of halogens is 3. The molecule has 0 aliphatic carbocycles. The van der Waals surface area contributed by atoms with E-state index in [0.29, 0.717) is 24.3 Å². The van der Waals surface area contributed by atoms with Crippen molar-refractivity contribution in [2.75, 3.05) is 11.4 Å². The maximum absolute atomic E-state index is 12.4. The molecule has 2 heterocycles. The molecular weight excluding hydrogens is 271 g/mol. The van der Waals surface area contributed by atoms with Crippen LogP contribution >= 0.6 is 11.3 Å². The predicted octanol–water partition coefficient (Wildman–Crippen LogP) is 1.86. The third kappa shape index (κ3) is 2.26. The molecule has 1 aromatic heterocycles. The third-order valence-electron chi connectivity index (χ3n) is 2.86. The maximum Gasteiger partial charge on any atom is 0.445 e. The van der Waals surface area contributed by atoms with Gasteiger partial charge in [-0.15, -0.1) is 10.2 Å². The van der Waals surface area contributed by atoms with Crippen molar-refractivity contribution >= 4 is 22.4 Å². The molecule has 1 saturated heterocycles. The molecule has 2 rings (SSSR count). The zero-order chi connectivity index (χ0) is 13.5. The second-order valence-corrected chi connectivity index (χ2v) is 5.09. The number of aromatic nitrogens is 2. The van der Waals surface area contributed by atoms with E-state index in [1.165, 1.54) is 4.90 Å². The van der Waals surface area contributed by atoms with Crippen molar-refractivity contribution in [1.82, 2.24) is 10.2 Å². The van der Waals surface area contributed by atoms with Gasteiger partial charge in [0, 0.05) is 6.54 Å². The monoisotopic (exact) mass is 281 g/mol. The molecule has 2 atom stereocenters. The first-order valence-electron chi connectivity index (χ1n) is 5.21. The van der Waals surface area contributed by atoms with Crippen LogP contribution in [0.2, 0.25) is 0 Å². The van der Waals surface area contributed by atoms with Gasteiger partial charge < -0.3 is 10.0 Å². The summed E-state index contributed by atoms with van der Waals surface area (Å²) in [5, 5.41) is 14.5. The molecule has 0 bridgehead atoms. The summed E-state index contributed by atoms with van der Waals surface area (Å²) in [6.45, 7) is 2.13. The van der Waals surface area contributed by atoms with Crippen molar-refractivity contribution in [3.63, 3.8) is 0 Å². The Labute approximate surface area is 104 Å². The Morgan fingerprint density at radius 1 is 1.50 bits per heavy atom. The summed E-state index contributed by atoms with van der Waals surface area (Å²) in [5.74, 6) is -1.18. The van der Waals surface area contributed by atoms with E-state index in [4.69, 9.17) is 5.11 Å². The minimum atomic E-state index is -4.54. The molecule has 1 aliphatic rings. The van der Waals surface area contributed by atoms with Crippen LogP contribution in [0.3, 0.4) is 0 Å². The van der Waals surface area contributed by atoms with E-state index >= 15 is 0 Å². The van der Waals surface area contributed by atoms with Gasteiger partial charge >= 0.3 is 12.1 Å². The number of nitrogens with zero attached hydrogens (tertiary/aromatic N) is 3. The first-order chi connectivity index (χ1) is 8.30. The fraction of sp³-hybridized carbons (Fsp3) is 0.667. The highest BCUT2D eigenvalue weighted by molar-refractivity contribution is 7.15. The molecule has 0 aromatic carbocycles. The van der Waals surface area contributed by atoms with Crippen molar-refractivity contribution in [3.8, 4) is 0 Å². The first kappa shape index (κ1) is 13.1. The van der Waals surface area contributed by atoms with Crippen LogP contribution in [0.4, 0.5) is 18.3 Å². The lowest BCUT2D eigenvalue weighted by Crippen LogP contribution is -2.38. The molecule has 5 nitrogen and oxygen atoms in total. The van der Waals surface area contributed by atoms with E-state index in [1.807, 2.05) is 0 Å². The molecule has 18 heavy (non-hydrogen) atoms. The van der Waals surface area contributed by atoms with Crippen LogP contribution in [0.1, 0.15) is 18.4 Å². The molecule has 0 radical (unpaired) electrons. The molecule has 0 spiro atoms. The second-order valence-electron chi connectivity index (χ2n) is 4.13. The lowest BCUT2D eigenvalue weighted by molar-refractivity contribution is -0.139. The largest absolute Gasteiger partial charge is 0.480 e. The number of alkyl halides is 3. The van der Waals surface area contributed by atoms with Crippen LogP contribution in [-0.2, 0) is 11.0 Å². The quantitative estimate of drug-likeness (QED) is 0.896. The molecule has 9 heteroatoms. The van der Waals surface area contributed by atoms with Gasteiger partial charge in [-0.25, -0.2) is 4.79 Å². The van der Waals surface area contributed by atoms with Gasteiger partial charge in [-0.2, -0.15) is 13.2 Å². The zero-order valence-electron chi connectivity index (χ0n) is 9.31. The molecular formula is C9H10F3N3O2S. The molecule has 1 N–H and O–H groups in total. The summed E-state index contributed by atoms with van der Waals surface area (Å²) in [6, 6.07) is -0.834. The average Bonchev–Trinajstić information content (AvgIpc) is 2.81. The average molecular weight is 281 g/mol. The van der Waals surface area contributed by atoms with Gasteiger partial charge in [0.25, 0.3) is 0 Å². The number of aliphatic carboxylic acids is 1. The van der Waals surface area contributed by atoms with Crippen molar-refractivity contribution in [2.45, 2.75) is 25.6 Å². The van der Waals surface area contributed by atoms with Crippen LogP contribution in [-0.4, -0.2) is 33.9 Å². The van der Waals surface area contributed by atoms with E-state index in [2.05, 4.69) is 10.2 Å². The van der Waals surface area contributed by atoms with Gasteiger partial charge in [0.05, 0.1) is 0 Å². The van der Waals surface area contributed by atoms with Gasteiger partial charge in [0.15, 0.2) is 0 Å². The van der Waals surface area contributed by atoms with E-state index in [9.17, 15) is 18.0 Å². The Morgan fingerprint density at radius 2 is 2.17 bits per heavy atom. The maximum atomic E-state index is 12.4. The summed E-state index contributed by atoms with van der Waals surface area (Å²) in [5.41, 5.74) is 0. The van der Waals surface area contributed by atoms with Crippen LogP contribution in [0.15, 0.2) is 0 Å². The van der Waals surface area contributed by atoms with Gasteiger partial charge in [0.1, 0.15) is 6.04 Å². The first-order valence-corrected chi connectivity index (χ1v) is 6.02. The van der Waals surface area contributed by atoms with Crippen LogP contribution in [0.5, 0.6) is 0 Å². The van der Waals surface area contributed by atoms with Crippen molar-refractivity contribution in [3.05, 3.63) is 5.01 Å². The number of carboxylic acids is 1. The number of carbonyl (C=O) groups is 1. The minimum absolute atomic E-state index is 0.0130. The highest BCUT2D eigenvalue weighted by Crippen LogP contribution is 2.37. The number of hydrogen-bond donors (Lipinski definition) is 1. The fourth-order valence-corrected chi connectivity index (χ4v) is 2.76. The normalized spacial score (nSPS) is 24.6. The van der Waals surface area contributed by atoms with Gasteiger partial charge in [-0.05, 0) is 12.3 Å².